The zero-order chi connectivity index (χ0) is 25.1. The van der Waals surface area contributed by atoms with Crippen molar-refractivity contribution in [2.24, 2.45) is 0 Å². The second kappa shape index (κ2) is 10.00. The number of fused-ring (bicyclic) bond motifs is 1. The van der Waals surface area contributed by atoms with Crippen LogP contribution >= 0.6 is 0 Å². The third-order valence-electron chi connectivity index (χ3n) is 6.12. The fraction of sp³-hybridized carbons (Fsp3) is 0.172. The Balaban J connectivity index is 1.59. The smallest absolute Gasteiger partial charge is 0.295 e. The topological polar surface area (TPSA) is 85.3 Å². The maximum atomic E-state index is 13.3. The van der Waals surface area contributed by atoms with E-state index in [1.165, 1.54) is 4.90 Å². The van der Waals surface area contributed by atoms with Crippen molar-refractivity contribution in [3.8, 4) is 17.2 Å². The molecule has 182 valence electrons. The van der Waals surface area contributed by atoms with E-state index in [-0.39, 0.29) is 17.9 Å². The lowest BCUT2D eigenvalue weighted by atomic mass is 9.95. The van der Waals surface area contributed by atoms with Gasteiger partial charge in [0.2, 0.25) is 0 Å². The van der Waals surface area contributed by atoms with Crippen LogP contribution in [-0.4, -0.2) is 41.5 Å². The van der Waals surface area contributed by atoms with Gasteiger partial charge in [0.25, 0.3) is 11.7 Å². The van der Waals surface area contributed by atoms with Gasteiger partial charge in [-0.2, -0.15) is 0 Å². The van der Waals surface area contributed by atoms with E-state index in [0.29, 0.717) is 48.2 Å². The van der Waals surface area contributed by atoms with Crippen LogP contribution < -0.4 is 14.2 Å². The molecule has 7 heteroatoms. The van der Waals surface area contributed by atoms with Gasteiger partial charge in [-0.25, -0.2) is 0 Å². The maximum absolute atomic E-state index is 13.3. The number of aliphatic hydroxyl groups is 1. The number of benzene rings is 3. The quantitative estimate of drug-likeness (QED) is 0.228. The Morgan fingerprint density at radius 1 is 1.00 bits per heavy atom. The van der Waals surface area contributed by atoms with Crippen molar-refractivity contribution < 1.29 is 28.9 Å². The molecule has 2 aliphatic rings. The number of ether oxygens (including phenoxy) is 3. The van der Waals surface area contributed by atoms with Gasteiger partial charge < -0.3 is 24.2 Å². The Morgan fingerprint density at radius 2 is 1.72 bits per heavy atom. The minimum Gasteiger partial charge on any atom is -0.507 e. The van der Waals surface area contributed by atoms with Crippen LogP contribution in [0.1, 0.15) is 22.7 Å². The van der Waals surface area contributed by atoms with Gasteiger partial charge in [0.1, 0.15) is 31.3 Å². The van der Waals surface area contributed by atoms with Crippen molar-refractivity contribution in [1.82, 2.24) is 4.90 Å². The number of aliphatic hydroxyl groups excluding tert-OH is 1. The van der Waals surface area contributed by atoms with Crippen molar-refractivity contribution in [2.45, 2.75) is 12.6 Å². The molecular weight excluding hydrogens is 458 g/mol. The van der Waals surface area contributed by atoms with E-state index < -0.39 is 17.7 Å². The number of carbonyl (C=O) groups is 2. The molecule has 5 rings (SSSR count). The predicted molar refractivity (Wildman–Crippen MR) is 134 cm³/mol. The van der Waals surface area contributed by atoms with Crippen molar-refractivity contribution in [1.29, 1.82) is 0 Å². The molecule has 1 N–H and O–H groups in total. The van der Waals surface area contributed by atoms with E-state index in [4.69, 9.17) is 14.2 Å². The van der Waals surface area contributed by atoms with E-state index in [2.05, 4.69) is 6.58 Å². The van der Waals surface area contributed by atoms with Crippen LogP contribution in [0.3, 0.4) is 0 Å². The average Bonchev–Trinajstić information content (AvgIpc) is 3.17. The molecule has 2 aliphatic heterocycles. The van der Waals surface area contributed by atoms with Gasteiger partial charge in [0.05, 0.1) is 11.6 Å². The predicted octanol–water partition coefficient (Wildman–Crippen LogP) is 4.64. The summed E-state index contributed by atoms with van der Waals surface area (Å²) in [6.07, 6.45) is 1.65. The summed E-state index contributed by atoms with van der Waals surface area (Å²) in [6.45, 7) is 5.05. The minimum absolute atomic E-state index is 0.0207. The van der Waals surface area contributed by atoms with Crippen LogP contribution in [0.5, 0.6) is 17.2 Å². The van der Waals surface area contributed by atoms with Gasteiger partial charge in [0, 0.05) is 12.1 Å². The molecule has 0 spiro atoms. The highest BCUT2D eigenvalue weighted by Crippen LogP contribution is 2.42. The van der Waals surface area contributed by atoms with Gasteiger partial charge in [0.15, 0.2) is 11.5 Å². The third kappa shape index (κ3) is 4.43. The standard InChI is InChI=1S/C29H25NO6/c1-2-14-34-22-11-8-20(9-12-22)26-25(27(31)21-10-13-23-24(17-21)36-16-15-35-23)28(32)29(33)30(26)18-19-6-4-3-5-7-19/h2-13,17,26,31H,1,14-16,18H2/b27-25+/t26-/m0/s1. The number of nitrogens with zero attached hydrogens (tertiary/aromatic N) is 1. The molecule has 0 aromatic heterocycles. The second-order valence-electron chi connectivity index (χ2n) is 8.44. The summed E-state index contributed by atoms with van der Waals surface area (Å²) in [6, 6.07) is 20.7. The summed E-state index contributed by atoms with van der Waals surface area (Å²) in [4.78, 5) is 28.0. The summed E-state index contributed by atoms with van der Waals surface area (Å²) in [5.41, 5.74) is 1.94. The molecule has 1 fully saturated rings. The van der Waals surface area contributed by atoms with E-state index in [1.807, 2.05) is 30.3 Å². The molecule has 0 unspecified atom stereocenters. The summed E-state index contributed by atoms with van der Waals surface area (Å²) in [5.74, 6) is -0.00771. The number of amides is 1. The second-order valence-corrected chi connectivity index (χ2v) is 8.44. The number of likely N-dealkylation sites (tertiary alicyclic amines) is 1. The molecule has 7 nitrogen and oxygen atoms in total. The fourth-order valence-corrected chi connectivity index (χ4v) is 4.42. The first-order valence-electron chi connectivity index (χ1n) is 11.6. The number of rotatable bonds is 7. The van der Waals surface area contributed by atoms with Crippen LogP contribution in [0.4, 0.5) is 0 Å². The monoisotopic (exact) mass is 483 g/mol. The molecule has 1 amide bonds. The first-order valence-corrected chi connectivity index (χ1v) is 11.6. The molecule has 0 bridgehead atoms. The van der Waals surface area contributed by atoms with E-state index >= 15 is 0 Å². The first kappa shape index (κ1) is 23.2. The number of carbonyl (C=O) groups excluding carboxylic acids is 2. The number of hydrogen-bond donors (Lipinski definition) is 1. The zero-order valence-electron chi connectivity index (χ0n) is 19.6. The fourth-order valence-electron chi connectivity index (χ4n) is 4.42. The highest BCUT2D eigenvalue weighted by Gasteiger charge is 2.46. The molecule has 3 aromatic rings. The molecule has 0 radical (unpaired) electrons. The molecule has 36 heavy (non-hydrogen) atoms. The van der Waals surface area contributed by atoms with Crippen molar-refractivity contribution in [2.75, 3.05) is 19.8 Å². The SMILES string of the molecule is C=CCOc1ccc([C@H]2/C(=C(\O)c3ccc4c(c3)OCCO4)C(=O)C(=O)N2Cc2ccccc2)cc1. The van der Waals surface area contributed by atoms with E-state index in [1.54, 1.807) is 48.5 Å². The average molecular weight is 484 g/mol. The molecule has 0 aliphatic carbocycles. The summed E-state index contributed by atoms with van der Waals surface area (Å²) < 4.78 is 16.8. The Hall–Kier alpha value is -4.52. The Bertz CT molecular complexity index is 1330. The molecular formula is C29H25NO6. The van der Waals surface area contributed by atoms with Gasteiger partial charge >= 0.3 is 0 Å². The molecule has 1 saturated heterocycles. The lowest BCUT2D eigenvalue weighted by molar-refractivity contribution is -0.140. The molecule has 2 heterocycles. The molecule has 0 saturated carbocycles. The van der Waals surface area contributed by atoms with E-state index in [0.717, 1.165) is 5.56 Å². The van der Waals surface area contributed by atoms with E-state index in [9.17, 15) is 14.7 Å². The van der Waals surface area contributed by atoms with Crippen molar-refractivity contribution >= 4 is 17.4 Å². The van der Waals surface area contributed by atoms with Crippen molar-refractivity contribution in [3.05, 3.63) is 108 Å². The Kier molecular flexibility index (Phi) is 6.45. The summed E-state index contributed by atoms with van der Waals surface area (Å²) in [7, 11) is 0. The van der Waals surface area contributed by atoms with Crippen LogP contribution in [0.15, 0.2) is 91.0 Å². The van der Waals surface area contributed by atoms with Gasteiger partial charge in [-0.05, 0) is 41.5 Å². The summed E-state index contributed by atoms with van der Waals surface area (Å²) in [5, 5.41) is 11.3. The first-order chi connectivity index (χ1) is 17.6. The Labute approximate surface area is 208 Å². The largest absolute Gasteiger partial charge is 0.507 e. The minimum atomic E-state index is -0.785. The number of hydrogen-bond acceptors (Lipinski definition) is 6. The maximum Gasteiger partial charge on any atom is 0.295 e. The van der Waals surface area contributed by atoms with Crippen LogP contribution in [0.2, 0.25) is 0 Å². The van der Waals surface area contributed by atoms with Gasteiger partial charge in [-0.1, -0.05) is 55.1 Å². The molecule has 1 atom stereocenters. The molecule has 3 aromatic carbocycles. The highest BCUT2D eigenvalue weighted by molar-refractivity contribution is 6.46. The van der Waals surface area contributed by atoms with Crippen LogP contribution in [0, 0.1) is 0 Å². The van der Waals surface area contributed by atoms with Crippen LogP contribution in [0.25, 0.3) is 5.76 Å². The van der Waals surface area contributed by atoms with Crippen molar-refractivity contribution in [3.63, 3.8) is 0 Å². The lowest BCUT2D eigenvalue weighted by Crippen LogP contribution is -2.29. The van der Waals surface area contributed by atoms with Gasteiger partial charge in [-0.15, -0.1) is 0 Å². The van der Waals surface area contributed by atoms with Crippen LogP contribution in [-0.2, 0) is 16.1 Å². The van der Waals surface area contributed by atoms with Gasteiger partial charge in [-0.3, -0.25) is 9.59 Å². The summed E-state index contributed by atoms with van der Waals surface area (Å²) >= 11 is 0. The Morgan fingerprint density at radius 3 is 2.44 bits per heavy atom. The normalized spacial score (nSPS) is 18.2. The number of Topliss-reactive ketones (excluding diaryl/α,β-unsaturated/α-hetero) is 1. The lowest BCUT2D eigenvalue weighted by Gasteiger charge is -2.26. The third-order valence-corrected chi connectivity index (χ3v) is 6.12. The zero-order valence-corrected chi connectivity index (χ0v) is 19.6. The number of ketones is 1. The highest BCUT2D eigenvalue weighted by atomic mass is 16.6.